The van der Waals surface area contributed by atoms with Crippen LogP contribution >= 0.6 is 0 Å². The fourth-order valence-electron chi connectivity index (χ4n) is 2.42. The Kier molecular flexibility index (Phi) is 1.29. The summed E-state index contributed by atoms with van der Waals surface area (Å²) in [5, 5.41) is 0. The van der Waals surface area contributed by atoms with E-state index in [1.807, 2.05) is 0 Å². The van der Waals surface area contributed by atoms with Gasteiger partial charge in [-0.25, -0.2) is 0 Å². The Morgan fingerprint density at radius 3 is 2.70 bits per heavy atom. The lowest BCUT2D eigenvalue weighted by molar-refractivity contribution is -0.0187. The van der Waals surface area contributed by atoms with Crippen LogP contribution in [0.3, 0.4) is 0 Å². The Hall–Kier alpha value is -0.0800. The molecule has 10 heavy (non-hydrogen) atoms. The fraction of sp³-hybridized carbons (Fsp3) is 1.00. The standard InChI is InChI=1S/C8H15NO/c1-8-2-6(4-9)7(3-8)5-10-8/h6-7H,2-5,9H2,1H3/t6-,7-,8-/m1/s1. The van der Waals surface area contributed by atoms with Crippen molar-refractivity contribution in [1.82, 2.24) is 0 Å². The van der Waals surface area contributed by atoms with Gasteiger partial charge in [0.2, 0.25) is 0 Å². The molecular weight excluding hydrogens is 126 g/mol. The van der Waals surface area contributed by atoms with Crippen LogP contribution in [0.4, 0.5) is 0 Å². The molecule has 1 heterocycles. The second-order valence-electron chi connectivity index (χ2n) is 3.93. The van der Waals surface area contributed by atoms with Gasteiger partial charge in [-0.1, -0.05) is 0 Å². The van der Waals surface area contributed by atoms with Crippen molar-refractivity contribution in [2.45, 2.75) is 25.4 Å². The van der Waals surface area contributed by atoms with Gasteiger partial charge < -0.3 is 10.5 Å². The van der Waals surface area contributed by atoms with Crippen molar-refractivity contribution in [2.75, 3.05) is 13.2 Å². The Morgan fingerprint density at radius 1 is 1.60 bits per heavy atom. The molecule has 58 valence electrons. The van der Waals surface area contributed by atoms with Crippen LogP contribution in [0.25, 0.3) is 0 Å². The normalized spacial score (nSPS) is 52.2. The molecule has 0 aromatic rings. The van der Waals surface area contributed by atoms with Crippen LogP contribution in [0.15, 0.2) is 0 Å². The number of fused-ring (bicyclic) bond motifs is 2. The zero-order chi connectivity index (χ0) is 7.19. The number of hydrogen-bond donors (Lipinski definition) is 1. The Bertz CT molecular complexity index is 148. The molecule has 0 amide bonds. The van der Waals surface area contributed by atoms with Gasteiger partial charge in [0.15, 0.2) is 0 Å². The minimum absolute atomic E-state index is 0.203. The summed E-state index contributed by atoms with van der Waals surface area (Å²) in [4.78, 5) is 0. The van der Waals surface area contributed by atoms with E-state index >= 15 is 0 Å². The largest absolute Gasteiger partial charge is 0.375 e. The van der Waals surface area contributed by atoms with E-state index in [4.69, 9.17) is 10.5 Å². The van der Waals surface area contributed by atoms with Crippen LogP contribution in [-0.4, -0.2) is 18.8 Å². The van der Waals surface area contributed by atoms with Gasteiger partial charge in [-0.2, -0.15) is 0 Å². The van der Waals surface area contributed by atoms with Crippen molar-refractivity contribution in [3.63, 3.8) is 0 Å². The Morgan fingerprint density at radius 2 is 2.40 bits per heavy atom. The lowest BCUT2D eigenvalue weighted by atomic mass is 9.96. The molecular formula is C8H15NO. The minimum atomic E-state index is 0.203. The van der Waals surface area contributed by atoms with Crippen molar-refractivity contribution >= 4 is 0 Å². The molecule has 0 aromatic heterocycles. The van der Waals surface area contributed by atoms with E-state index in [9.17, 15) is 0 Å². The molecule has 1 aliphatic heterocycles. The van der Waals surface area contributed by atoms with Gasteiger partial charge in [0.1, 0.15) is 0 Å². The predicted molar refractivity (Wildman–Crippen MR) is 39.6 cm³/mol. The first-order chi connectivity index (χ1) is 4.73. The van der Waals surface area contributed by atoms with Crippen LogP contribution in [0.1, 0.15) is 19.8 Å². The highest BCUT2D eigenvalue weighted by molar-refractivity contribution is 4.98. The second-order valence-corrected chi connectivity index (χ2v) is 3.93. The highest BCUT2D eigenvalue weighted by atomic mass is 16.5. The highest BCUT2D eigenvalue weighted by Crippen LogP contribution is 2.47. The van der Waals surface area contributed by atoms with Gasteiger partial charge >= 0.3 is 0 Å². The third-order valence-corrected chi connectivity index (χ3v) is 3.00. The third kappa shape index (κ3) is 0.789. The predicted octanol–water partition coefficient (Wildman–Crippen LogP) is 0.760. The summed E-state index contributed by atoms with van der Waals surface area (Å²) in [5.74, 6) is 1.52. The van der Waals surface area contributed by atoms with E-state index in [1.54, 1.807) is 0 Å². The smallest absolute Gasteiger partial charge is 0.0661 e. The topological polar surface area (TPSA) is 35.2 Å². The van der Waals surface area contributed by atoms with Crippen molar-refractivity contribution in [3.05, 3.63) is 0 Å². The zero-order valence-corrected chi connectivity index (χ0v) is 6.47. The van der Waals surface area contributed by atoms with Crippen LogP contribution in [0.2, 0.25) is 0 Å². The highest BCUT2D eigenvalue weighted by Gasteiger charge is 2.47. The third-order valence-electron chi connectivity index (χ3n) is 3.00. The fourth-order valence-corrected chi connectivity index (χ4v) is 2.42. The molecule has 0 spiro atoms. The maximum atomic E-state index is 5.62. The van der Waals surface area contributed by atoms with Crippen LogP contribution in [0.5, 0.6) is 0 Å². The number of rotatable bonds is 1. The minimum Gasteiger partial charge on any atom is -0.375 e. The van der Waals surface area contributed by atoms with Crippen LogP contribution in [0, 0.1) is 11.8 Å². The maximum absolute atomic E-state index is 5.62. The molecule has 2 bridgehead atoms. The summed E-state index contributed by atoms with van der Waals surface area (Å²) in [7, 11) is 0. The lowest BCUT2D eigenvalue weighted by Crippen LogP contribution is -2.29. The Balaban J connectivity index is 2.10. The summed E-state index contributed by atoms with van der Waals surface area (Å²) in [6.07, 6.45) is 2.43. The zero-order valence-electron chi connectivity index (χ0n) is 6.47. The lowest BCUT2D eigenvalue weighted by Gasteiger charge is -2.25. The van der Waals surface area contributed by atoms with E-state index in [2.05, 4.69) is 6.92 Å². The summed E-state index contributed by atoms with van der Waals surface area (Å²) in [6, 6.07) is 0. The summed E-state index contributed by atoms with van der Waals surface area (Å²) >= 11 is 0. The molecule has 0 radical (unpaired) electrons. The summed E-state index contributed by atoms with van der Waals surface area (Å²) in [5.41, 5.74) is 5.83. The molecule has 0 aromatic carbocycles. The van der Waals surface area contributed by atoms with E-state index in [0.29, 0.717) is 0 Å². The van der Waals surface area contributed by atoms with E-state index in [-0.39, 0.29) is 5.60 Å². The van der Waals surface area contributed by atoms with E-state index in [1.165, 1.54) is 12.8 Å². The summed E-state index contributed by atoms with van der Waals surface area (Å²) in [6.45, 7) is 4.02. The maximum Gasteiger partial charge on any atom is 0.0661 e. The van der Waals surface area contributed by atoms with Gasteiger partial charge in [-0.15, -0.1) is 0 Å². The van der Waals surface area contributed by atoms with Crippen molar-refractivity contribution in [1.29, 1.82) is 0 Å². The molecule has 2 aliphatic rings. The van der Waals surface area contributed by atoms with Crippen molar-refractivity contribution in [2.24, 2.45) is 17.6 Å². The molecule has 0 unspecified atom stereocenters. The molecule has 1 aliphatic carbocycles. The van der Waals surface area contributed by atoms with Gasteiger partial charge in [-0.05, 0) is 38.1 Å². The van der Waals surface area contributed by atoms with Gasteiger partial charge in [-0.3, -0.25) is 0 Å². The molecule has 2 heteroatoms. The summed E-state index contributed by atoms with van der Waals surface area (Å²) < 4.78 is 5.62. The van der Waals surface area contributed by atoms with Gasteiger partial charge in [0.05, 0.1) is 12.2 Å². The molecule has 2 rings (SSSR count). The molecule has 2 N–H and O–H groups in total. The van der Waals surface area contributed by atoms with Crippen LogP contribution in [-0.2, 0) is 4.74 Å². The van der Waals surface area contributed by atoms with Gasteiger partial charge in [0.25, 0.3) is 0 Å². The van der Waals surface area contributed by atoms with E-state index in [0.717, 1.165) is 25.0 Å². The quantitative estimate of drug-likeness (QED) is 0.585. The number of nitrogens with two attached hydrogens (primary N) is 1. The molecule has 2 fully saturated rings. The Labute approximate surface area is 61.7 Å². The first kappa shape index (κ1) is 6.62. The van der Waals surface area contributed by atoms with Gasteiger partial charge in [0, 0.05) is 0 Å². The van der Waals surface area contributed by atoms with Crippen molar-refractivity contribution in [3.8, 4) is 0 Å². The average molecular weight is 141 g/mol. The second kappa shape index (κ2) is 1.95. The first-order valence-corrected chi connectivity index (χ1v) is 4.07. The van der Waals surface area contributed by atoms with Crippen molar-refractivity contribution < 1.29 is 4.74 Å². The first-order valence-electron chi connectivity index (χ1n) is 4.07. The number of ether oxygens (including phenoxy) is 1. The molecule has 1 saturated heterocycles. The van der Waals surface area contributed by atoms with E-state index < -0.39 is 0 Å². The SMILES string of the molecule is C[C@]12C[C@H](CN)[C@@H](CO1)C2. The number of hydrogen-bond acceptors (Lipinski definition) is 2. The molecule has 3 atom stereocenters. The average Bonchev–Trinajstić information content (AvgIpc) is 2.41. The molecule has 2 nitrogen and oxygen atoms in total. The molecule has 1 saturated carbocycles. The van der Waals surface area contributed by atoms with Crippen LogP contribution < -0.4 is 5.73 Å². The monoisotopic (exact) mass is 141 g/mol.